The Morgan fingerprint density at radius 3 is 2.74 bits per heavy atom. The molecule has 1 aromatic heterocycles. The number of guanidine groups is 1. The third-order valence-corrected chi connectivity index (χ3v) is 5.23. The molecule has 27 heavy (non-hydrogen) atoms. The van der Waals surface area contributed by atoms with Crippen molar-refractivity contribution in [1.29, 1.82) is 0 Å². The molecule has 1 aliphatic heterocycles. The van der Waals surface area contributed by atoms with Crippen LogP contribution in [-0.4, -0.2) is 70.5 Å². The number of halogens is 1. The van der Waals surface area contributed by atoms with E-state index < -0.39 is 0 Å². The molecular weight excluding hydrogens is 475 g/mol. The summed E-state index contributed by atoms with van der Waals surface area (Å²) in [7, 11) is 1.82. The van der Waals surface area contributed by atoms with Gasteiger partial charge >= 0.3 is 0 Å². The van der Waals surface area contributed by atoms with Crippen LogP contribution in [0.25, 0.3) is 0 Å². The molecule has 1 aliphatic rings. The van der Waals surface area contributed by atoms with Gasteiger partial charge in [0, 0.05) is 51.3 Å². The minimum atomic E-state index is 0. The average molecular weight is 510 g/mol. The Morgan fingerprint density at radius 2 is 2.11 bits per heavy atom. The number of morpholine rings is 1. The first-order chi connectivity index (χ1) is 12.7. The number of hydrogen-bond donors (Lipinski definition) is 2. The van der Waals surface area contributed by atoms with E-state index in [0.717, 1.165) is 65.0 Å². The summed E-state index contributed by atoms with van der Waals surface area (Å²) >= 11 is 1.81. The molecule has 1 unspecified atom stereocenters. The summed E-state index contributed by atoms with van der Waals surface area (Å²) in [5, 5.41) is 9.01. The molecule has 2 heterocycles. The van der Waals surface area contributed by atoms with E-state index in [1.54, 1.807) is 0 Å². The number of nitrogens with zero attached hydrogens (tertiary/aromatic N) is 2. The Hall–Kier alpha value is -0.420. The topological polar surface area (TPSA) is 58.1 Å². The Balaban J connectivity index is 0.00000364. The largest absolute Gasteiger partial charge is 0.381 e. The molecule has 0 aromatic carbocycles. The van der Waals surface area contributed by atoms with Crippen molar-refractivity contribution in [2.75, 3.05) is 59.7 Å². The van der Waals surface area contributed by atoms with Gasteiger partial charge < -0.3 is 20.1 Å². The van der Waals surface area contributed by atoms with E-state index in [-0.39, 0.29) is 24.0 Å². The molecule has 0 spiro atoms. The highest BCUT2D eigenvalue weighted by Gasteiger charge is 2.23. The summed E-state index contributed by atoms with van der Waals surface area (Å²) in [6.45, 7) is 11.2. The first-order valence-corrected chi connectivity index (χ1v) is 10.5. The molecule has 156 valence electrons. The highest BCUT2D eigenvalue weighted by atomic mass is 127. The minimum absolute atomic E-state index is 0. The summed E-state index contributed by atoms with van der Waals surface area (Å²) in [5.74, 6) is 1.44. The van der Waals surface area contributed by atoms with Gasteiger partial charge in [-0.25, -0.2) is 0 Å². The van der Waals surface area contributed by atoms with E-state index in [1.807, 2.05) is 18.4 Å². The van der Waals surface area contributed by atoms with Crippen molar-refractivity contribution in [3.63, 3.8) is 0 Å². The molecule has 1 fully saturated rings. The first kappa shape index (κ1) is 24.6. The lowest BCUT2D eigenvalue weighted by Crippen LogP contribution is -2.46. The van der Waals surface area contributed by atoms with E-state index in [1.165, 1.54) is 4.88 Å². The van der Waals surface area contributed by atoms with Gasteiger partial charge in [-0.05, 0) is 23.8 Å². The van der Waals surface area contributed by atoms with Gasteiger partial charge in [-0.2, -0.15) is 0 Å². The molecule has 0 radical (unpaired) electrons. The number of rotatable bonds is 10. The number of ether oxygens (including phenoxy) is 2. The monoisotopic (exact) mass is 510 g/mol. The Labute approximate surface area is 185 Å². The average Bonchev–Trinajstić information content (AvgIpc) is 3.18. The number of nitrogens with one attached hydrogen (secondary N) is 2. The van der Waals surface area contributed by atoms with E-state index >= 15 is 0 Å². The Morgan fingerprint density at radius 1 is 1.33 bits per heavy atom. The minimum Gasteiger partial charge on any atom is -0.381 e. The van der Waals surface area contributed by atoms with Crippen molar-refractivity contribution < 1.29 is 9.47 Å². The highest BCUT2D eigenvalue weighted by molar-refractivity contribution is 14.0. The van der Waals surface area contributed by atoms with E-state index in [2.05, 4.69) is 51.9 Å². The Kier molecular flexibility index (Phi) is 13.3. The molecular formula is C19H35IN4O2S. The van der Waals surface area contributed by atoms with Crippen molar-refractivity contribution >= 4 is 41.3 Å². The summed E-state index contributed by atoms with van der Waals surface area (Å²) in [6, 6.07) is 4.69. The fraction of sp³-hybridized carbons (Fsp3) is 0.737. The maximum atomic E-state index is 5.62. The SMILES string of the molecule is CN=C(NCCCOCC(C)C)NCC(c1cccs1)N1CCOCC1.I. The van der Waals surface area contributed by atoms with Gasteiger partial charge in [0.1, 0.15) is 0 Å². The summed E-state index contributed by atoms with van der Waals surface area (Å²) < 4.78 is 11.1. The molecule has 0 bridgehead atoms. The van der Waals surface area contributed by atoms with Crippen LogP contribution in [0.1, 0.15) is 31.2 Å². The van der Waals surface area contributed by atoms with Gasteiger partial charge in [-0.15, -0.1) is 35.3 Å². The molecule has 2 N–H and O–H groups in total. The van der Waals surface area contributed by atoms with Gasteiger partial charge in [0.15, 0.2) is 5.96 Å². The van der Waals surface area contributed by atoms with E-state index in [0.29, 0.717) is 12.0 Å². The second kappa shape index (κ2) is 14.6. The van der Waals surface area contributed by atoms with Crippen LogP contribution in [0.15, 0.2) is 22.5 Å². The third kappa shape index (κ3) is 9.56. The molecule has 1 aromatic rings. The molecule has 8 heteroatoms. The zero-order chi connectivity index (χ0) is 18.6. The highest BCUT2D eigenvalue weighted by Crippen LogP contribution is 2.25. The van der Waals surface area contributed by atoms with Crippen molar-refractivity contribution in [3.05, 3.63) is 22.4 Å². The fourth-order valence-electron chi connectivity index (χ4n) is 2.89. The van der Waals surface area contributed by atoms with Gasteiger partial charge in [0.25, 0.3) is 0 Å². The lowest BCUT2D eigenvalue weighted by molar-refractivity contribution is 0.0177. The van der Waals surface area contributed by atoms with Crippen LogP contribution in [0.4, 0.5) is 0 Å². The van der Waals surface area contributed by atoms with Crippen LogP contribution in [-0.2, 0) is 9.47 Å². The van der Waals surface area contributed by atoms with Crippen molar-refractivity contribution in [2.45, 2.75) is 26.3 Å². The smallest absolute Gasteiger partial charge is 0.191 e. The lowest BCUT2D eigenvalue weighted by atomic mass is 10.2. The van der Waals surface area contributed by atoms with Crippen LogP contribution in [0.5, 0.6) is 0 Å². The normalized spacial score (nSPS) is 16.8. The molecule has 6 nitrogen and oxygen atoms in total. The zero-order valence-electron chi connectivity index (χ0n) is 16.8. The number of hydrogen-bond acceptors (Lipinski definition) is 5. The number of thiophene rings is 1. The van der Waals surface area contributed by atoms with E-state index in [4.69, 9.17) is 9.47 Å². The van der Waals surface area contributed by atoms with Crippen molar-refractivity contribution in [1.82, 2.24) is 15.5 Å². The fourth-order valence-corrected chi connectivity index (χ4v) is 3.75. The van der Waals surface area contributed by atoms with Gasteiger partial charge in [0.2, 0.25) is 0 Å². The second-order valence-electron chi connectivity index (χ2n) is 6.88. The standard InChI is InChI=1S/C19H34N4O2S.HI/c1-16(2)15-25-10-5-7-21-19(20-3)22-14-17(18-6-4-13-26-18)23-8-11-24-12-9-23;/h4,6,13,16-17H,5,7-12,14-15H2,1-3H3,(H2,20,21,22);1H. The molecule has 1 saturated heterocycles. The molecule has 0 aliphatic carbocycles. The maximum Gasteiger partial charge on any atom is 0.191 e. The van der Waals surface area contributed by atoms with Gasteiger partial charge in [-0.3, -0.25) is 9.89 Å². The maximum absolute atomic E-state index is 5.62. The second-order valence-corrected chi connectivity index (χ2v) is 7.86. The summed E-state index contributed by atoms with van der Waals surface area (Å²) in [5.41, 5.74) is 0. The zero-order valence-corrected chi connectivity index (χ0v) is 19.9. The van der Waals surface area contributed by atoms with Crippen LogP contribution in [0.2, 0.25) is 0 Å². The van der Waals surface area contributed by atoms with E-state index in [9.17, 15) is 0 Å². The third-order valence-electron chi connectivity index (χ3n) is 4.25. The summed E-state index contributed by atoms with van der Waals surface area (Å²) in [6.07, 6.45) is 0.977. The van der Waals surface area contributed by atoms with Crippen LogP contribution < -0.4 is 10.6 Å². The van der Waals surface area contributed by atoms with Crippen molar-refractivity contribution in [2.24, 2.45) is 10.9 Å². The molecule has 1 atom stereocenters. The van der Waals surface area contributed by atoms with Crippen LogP contribution in [0.3, 0.4) is 0 Å². The lowest BCUT2D eigenvalue weighted by Gasteiger charge is -2.34. The Bertz CT molecular complexity index is 508. The predicted molar refractivity (Wildman–Crippen MR) is 125 cm³/mol. The first-order valence-electron chi connectivity index (χ1n) is 9.58. The van der Waals surface area contributed by atoms with Crippen molar-refractivity contribution in [3.8, 4) is 0 Å². The summed E-state index contributed by atoms with van der Waals surface area (Å²) in [4.78, 5) is 8.23. The van der Waals surface area contributed by atoms with Crippen LogP contribution >= 0.6 is 35.3 Å². The molecule has 2 rings (SSSR count). The quantitative estimate of drug-likeness (QED) is 0.220. The van der Waals surface area contributed by atoms with Gasteiger partial charge in [0.05, 0.1) is 19.3 Å². The van der Waals surface area contributed by atoms with Crippen LogP contribution in [0, 0.1) is 5.92 Å². The molecule has 0 saturated carbocycles. The number of aliphatic imine (C=N–C) groups is 1. The predicted octanol–water partition coefficient (Wildman–Crippen LogP) is 2.97. The molecule has 0 amide bonds. The van der Waals surface area contributed by atoms with Gasteiger partial charge in [-0.1, -0.05) is 19.9 Å².